The average molecular weight is 208 g/mol. The molecular formula is C11H13FN2O. The van der Waals surface area contributed by atoms with Gasteiger partial charge in [0, 0.05) is 6.42 Å². The van der Waals surface area contributed by atoms with Gasteiger partial charge < -0.3 is 10.2 Å². The van der Waals surface area contributed by atoms with Gasteiger partial charge in [0.25, 0.3) is 0 Å². The number of fused-ring (bicyclic) bond motifs is 1. The quantitative estimate of drug-likeness (QED) is 0.840. The van der Waals surface area contributed by atoms with Gasteiger partial charge in [0.2, 0.25) is 0 Å². The lowest BCUT2D eigenvalue weighted by Crippen LogP contribution is -2.13. The van der Waals surface area contributed by atoms with Crippen molar-refractivity contribution >= 4 is 11.1 Å². The first-order valence-electron chi connectivity index (χ1n) is 4.94. The number of oxazole rings is 1. The predicted octanol–water partition coefficient (Wildman–Crippen LogP) is 2.10. The number of rotatable bonds is 3. The number of para-hydroxylation sites is 1. The van der Waals surface area contributed by atoms with E-state index in [0.29, 0.717) is 30.3 Å². The first kappa shape index (κ1) is 10.1. The van der Waals surface area contributed by atoms with Crippen LogP contribution in [0.1, 0.15) is 12.8 Å². The van der Waals surface area contributed by atoms with Gasteiger partial charge in [0.15, 0.2) is 17.3 Å². The van der Waals surface area contributed by atoms with E-state index in [2.05, 4.69) is 4.98 Å². The van der Waals surface area contributed by atoms with Crippen LogP contribution in [0.5, 0.6) is 0 Å². The second kappa shape index (κ2) is 3.98. The second-order valence-corrected chi connectivity index (χ2v) is 3.74. The van der Waals surface area contributed by atoms with Crippen LogP contribution in [0.15, 0.2) is 22.6 Å². The van der Waals surface area contributed by atoms with Crippen molar-refractivity contribution < 1.29 is 8.81 Å². The lowest BCUT2D eigenvalue weighted by Gasteiger charge is -2.02. The van der Waals surface area contributed by atoms with E-state index in [1.807, 2.05) is 6.92 Å². The Balaban J connectivity index is 2.35. The SMILES string of the molecule is CC(CN)Cc1nc2cccc(F)c2o1. The van der Waals surface area contributed by atoms with Crippen molar-refractivity contribution in [1.29, 1.82) is 0 Å². The molecule has 0 aliphatic carbocycles. The number of aromatic nitrogens is 1. The summed E-state index contributed by atoms with van der Waals surface area (Å²) < 4.78 is 18.6. The third-order valence-corrected chi connectivity index (χ3v) is 2.34. The van der Waals surface area contributed by atoms with Gasteiger partial charge in [0.05, 0.1) is 0 Å². The third kappa shape index (κ3) is 1.99. The van der Waals surface area contributed by atoms with Crippen molar-refractivity contribution in [2.45, 2.75) is 13.3 Å². The minimum absolute atomic E-state index is 0.233. The molecule has 0 saturated heterocycles. The van der Waals surface area contributed by atoms with Gasteiger partial charge in [-0.25, -0.2) is 9.37 Å². The minimum atomic E-state index is -0.369. The molecule has 0 amide bonds. The third-order valence-electron chi connectivity index (χ3n) is 2.34. The van der Waals surface area contributed by atoms with E-state index in [9.17, 15) is 4.39 Å². The van der Waals surface area contributed by atoms with Crippen molar-refractivity contribution in [3.63, 3.8) is 0 Å². The molecule has 1 atom stereocenters. The van der Waals surface area contributed by atoms with Crippen LogP contribution >= 0.6 is 0 Å². The number of benzene rings is 1. The van der Waals surface area contributed by atoms with Crippen molar-refractivity contribution in [1.82, 2.24) is 4.98 Å². The summed E-state index contributed by atoms with van der Waals surface area (Å²) in [7, 11) is 0. The Hall–Kier alpha value is -1.42. The summed E-state index contributed by atoms with van der Waals surface area (Å²) in [5, 5.41) is 0. The van der Waals surface area contributed by atoms with E-state index < -0.39 is 0 Å². The molecule has 1 heterocycles. The van der Waals surface area contributed by atoms with Crippen LogP contribution in [0.25, 0.3) is 11.1 Å². The highest BCUT2D eigenvalue weighted by Crippen LogP contribution is 2.20. The smallest absolute Gasteiger partial charge is 0.195 e. The average Bonchev–Trinajstić information content (AvgIpc) is 2.62. The van der Waals surface area contributed by atoms with E-state index in [0.717, 1.165) is 0 Å². The molecule has 0 aliphatic rings. The van der Waals surface area contributed by atoms with Crippen LogP contribution < -0.4 is 5.73 Å². The standard InChI is InChI=1S/C11H13FN2O/c1-7(6-13)5-10-14-9-4-2-3-8(12)11(9)15-10/h2-4,7H,5-6,13H2,1H3. The summed E-state index contributed by atoms with van der Waals surface area (Å²) >= 11 is 0. The Kier molecular flexibility index (Phi) is 2.68. The molecule has 0 radical (unpaired) electrons. The van der Waals surface area contributed by atoms with E-state index in [1.165, 1.54) is 6.07 Å². The normalized spacial score (nSPS) is 13.3. The van der Waals surface area contributed by atoms with Crippen LogP contribution in [-0.4, -0.2) is 11.5 Å². The molecular weight excluding hydrogens is 195 g/mol. The number of nitrogens with two attached hydrogens (primary N) is 1. The van der Waals surface area contributed by atoms with E-state index in [4.69, 9.17) is 10.2 Å². The number of nitrogens with zero attached hydrogens (tertiary/aromatic N) is 1. The van der Waals surface area contributed by atoms with Gasteiger partial charge in [-0.3, -0.25) is 0 Å². The van der Waals surface area contributed by atoms with Crippen molar-refractivity contribution in [3.05, 3.63) is 29.9 Å². The lowest BCUT2D eigenvalue weighted by atomic mass is 10.1. The van der Waals surface area contributed by atoms with Crippen LogP contribution in [-0.2, 0) is 6.42 Å². The molecule has 1 aromatic heterocycles. The fraction of sp³-hybridized carbons (Fsp3) is 0.364. The number of hydrogen-bond acceptors (Lipinski definition) is 3. The van der Waals surface area contributed by atoms with Crippen molar-refractivity contribution in [2.24, 2.45) is 11.7 Å². The fourth-order valence-corrected chi connectivity index (χ4v) is 1.43. The Morgan fingerprint density at radius 2 is 2.33 bits per heavy atom. The summed E-state index contributed by atoms with van der Waals surface area (Å²) in [5.41, 5.74) is 6.30. The molecule has 0 spiro atoms. The highest BCUT2D eigenvalue weighted by molar-refractivity contribution is 5.72. The number of hydrogen-bond donors (Lipinski definition) is 1. The zero-order valence-electron chi connectivity index (χ0n) is 8.53. The van der Waals surface area contributed by atoms with Gasteiger partial charge in [-0.2, -0.15) is 0 Å². The maximum Gasteiger partial charge on any atom is 0.195 e. The molecule has 80 valence electrons. The van der Waals surface area contributed by atoms with Crippen LogP contribution in [0, 0.1) is 11.7 Å². The van der Waals surface area contributed by atoms with Crippen molar-refractivity contribution in [3.8, 4) is 0 Å². The van der Waals surface area contributed by atoms with E-state index in [-0.39, 0.29) is 11.4 Å². The molecule has 2 N–H and O–H groups in total. The summed E-state index contributed by atoms with van der Waals surface area (Å²) in [4.78, 5) is 4.20. The summed E-state index contributed by atoms with van der Waals surface area (Å²) in [6, 6.07) is 4.72. The Morgan fingerprint density at radius 1 is 1.53 bits per heavy atom. The molecule has 2 aromatic rings. The molecule has 15 heavy (non-hydrogen) atoms. The Morgan fingerprint density at radius 3 is 3.00 bits per heavy atom. The van der Waals surface area contributed by atoms with Gasteiger partial charge in [-0.05, 0) is 24.6 Å². The zero-order valence-corrected chi connectivity index (χ0v) is 8.53. The molecule has 3 nitrogen and oxygen atoms in total. The maximum atomic E-state index is 13.3. The molecule has 4 heteroatoms. The van der Waals surface area contributed by atoms with Crippen LogP contribution in [0.2, 0.25) is 0 Å². The van der Waals surface area contributed by atoms with E-state index >= 15 is 0 Å². The largest absolute Gasteiger partial charge is 0.438 e. The monoisotopic (exact) mass is 208 g/mol. The van der Waals surface area contributed by atoms with Crippen LogP contribution in [0.3, 0.4) is 0 Å². The predicted molar refractivity (Wildman–Crippen MR) is 55.9 cm³/mol. The molecule has 1 aromatic carbocycles. The fourth-order valence-electron chi connectivity index (χ4n) is 1.43. The topological polar surface area (TPSA) is 52.0 Å². The van der Waals surface area contributed by atoms with E-state index in [1.54, 1.807) is 12.1 Å². The summed E-state index contributed by atoms with van der Waals surface area (Å²) in [5.74, 6) is 0.473. The van der Waals surface area contributed by atoms with Crippen LogP contribution in [0.4, 0.5) is 4.39 Å². The first-order chi connectivity index (χ1) is 7.20. The molecule has 0 fully saturated rings. The van der Waals surface area contributed by atoms with Crippen molar-refractivity contribution in [2.75, 3.05) is 6.54 Å². The lowest BCUT2D eigenvalue weighted by molar-refractivity contribution is 0.458. The highest BCUT2D eigenvalue weighted by Gasteiger charge is 2.11. The summed E-state index contributed by atoms with van der Waals surface area (Å²) in [6.07, 6.45) is 0.643. The Labute approximate surface area is 87.1 Å². The molecule has 2 rings (SSSR count). The van der Waals surface area contributed by atoms with Gasteiger partial charge >= 0.3 is 0 Å². The minimum Gasteiger partial charge on any atom is -0.438 e. The maximum absolute atomic E-state index is 13.3. The first-order valence-corrected chi connectivity index (χ1v) is 4.94. The molecule has 0 saturated carbocycles. The zero-order chi connectivity index (χ0) is 10.8. The molecule has 0 bridgehead atoms. The van der Waals surface area contributed by atoms with Gasteiger partial charge in [-0.1, -0.05) is 13.0 Å². The second-order valence-electron chi connectivity index (χ2n) is 3.74. The highest BCUT2D eigenvalue weighted by atomic mass is 19.1. The van der Waals surface area contributed by atoms with Gasteiger partial charge in [0.1, 0.15) is 5.52 Å². The molecule has 1 unspecified atom stereocenters. The Bertz CT molecular complexity index is 467. The number of halogens is 1. The summed E-state index contributed by atoms with van der Waals surface area (Å²) in [6.45, 7) is 2.58. The molecule has 0 aliphatic heterocycles. The van der Waals surface area contributed by atoms with Gasteiger partial charge in [-0.15, -0.1) is 0 Å².